The van der Waals surface area contributed by atoms with Crippen LogP contribution in [-0.2, 0) is 10.3 Å². The van der Waals surface area contributed by atoms with E-state index in [-0.39, 0.29) is 0 Å². The normalized spacial score (nSPS) is 30.3. The van der Waals surface area contributed by atoms with Gasteiger partial charge in [-0.05, 0) is 44.2 Å². The van der Waals surface area contributed by atoms with Crippen LogP contribution in [0.4, 0.5) is 0 Å². The summed E-state index contributed by atoms with van der Waals surface area (Å²) >= 11 is 0. The highest BCUT2D eigenvalue weighted by Gasteiger charge is 2.35. The number of nitrogens with zero attached hydrogens (tertiary/aromatic N) is 1. The highest BCUT2D eigenvalue weighted by atomic mass is 16.5. The Labute approximate surface area is 96.5 Å². The second-order valence-electron chi connectivity index (χ2n) is 4.66. The molecule has 88 valence electrons. The van der Waals surface area contributed by atoms with Crippen LogP contribution in [0.15, 0.2) is 18.5 Å². The first-order chi connectivity index (χ1) is 7.65. The monoisotopic (exact) mass is 221 g/mol. The predicted octanol–water partition coefficient (Wildman–Crippen LogP) is 2.17. The van der Waals surface area contributed by atoms with E-state index in [1.54, 1.807) is 19.5 Å². The number of pyridine rings is 1. The maximum atomic E-state index is 10.6. The standard InChI is InChI=1S/C13H19NO2/c1-10-5-8-14-9-12(10)13(15)6-3-11(16-2)4-7-13/h5,8-9,11,15H,3-4,6-7H2,1-2H3. The molecule has 0 amide bonds. The lowest BCUT2D eigenvalue weighted by Crippen LogP contribution is -2.34. The number of ether oxygens (including phenoxy) is 1. The molecule has 1 fully saturated rings. The van der Waals surface area contributed by atoms with Crippen LogP contribution >= 0.6 is 0 Å². The Morgan fingerprint density at radius 1 is 1.44 bits per heavy atom. The topological polar surface area (TPSA) is 42.4 Å². The largest absolute Gasteiger partial charge is 0.385 e. The number of methoxy groups -OCH3 is 1. The first-order valence-corrected chi connectivity index (χ1v) is 5.82. The third kappa shape index (κ3) is 2.11. The molecule has 3 nitrogen and oxygen atoms in total. The van der Waals surface area contributed by atoms with Crippen LogP contribution in [0.5, 0.6) is 0 Å². The van der Waals surface area contributed by atoms with E-state index in [0.29, 0.717) is 6.10 Å². The van der Waals surface area contributed by atoms with E-state index in [9.17, 15) is 5.11 Å². The van der Waals surface area contributed by atoms with Crippen molar-refractivity contribution in [1.29, 1.82) is 0 Å². The SMILES string of the molecule is COC1CCC(O)(c2cnccc2C)CC1. The molecular formula is C13H19NO2. The van der Waals surface area contributed by atoms with E-state index < -0.39 is 5.60 Å². The van der Waals surface area contributed by atoms with E-state index >= 15 is 0 Å². The Balaban J connectivity index is 2.18. The fraction of sp³-hybridized carbons (Fsp3) is 0.615. The Morgan fingerprint density at radius 2 is 2.12 bits per heavy atom. The molecule has 0 aromatic carbocycles. The molecule has 3 heteroatoms. The zero-order chi connectivity index (χ0) is 11.6. The first-order valence-electron chi connectivity index (χ1n) is 5.82. The van der Waals surface area contributed by atoms with Crippen LogP contribution in [0.1, 0.15) is 36.8 Å². The number of hydrogen-bond acceptors (Lipinski definition) is 3. The second-order valence-corrected chi connectivity index (χ2v) is 4.66. The molecule has 0 saturated heterocycles. The van der Waals surface area contributed by atoms with Crippen molar-refractivity contribution in [2.75, 3.05) is 7.11 Å². The zero-order valence-corrected chi connectivity index (χ0v) is 9.94. The number of aliphatic hydroxyl groups is 1. The lowest BCUT2D eigenvalue weighted by molar-refractivity contribution is -0.0479. The average Bonchev–Trinajstić information content (AvgIpc) is 2.30. The van der Waals surface area contributed by atoms with Gasteiger partial charge in [-0.15, -0.1) is 0 Å². The van der Waals surface area contributed by atoms with Crippen LogP contribution < -0.4 is 0 Å². The Bertz CT molecular complexity index is 357. The van der Waals surface area contributed by atoms with Crippen LogP contribution in [0.2, 0.25) is 0 Å². The van der Waals surface area contributed by atoms with E-state index in [0.717, 1.165) is 36.8 Å². The summed E-state index contributed by atoms with van der Waals surface area (Å²) in [6, 6.07) is 1.95. The van der Waals surface area contributed by atoms with Gasteiger partial charge in [0.05, 0.1) is 11.7 Å². The predicted molar refractivity (Wildman–Crippen MR) is 62.1 cm³/mol. The highest BCUT2D eigenvalue weighted by molar-refractivity contribution is 5.28. The summed E-state index contributed by atoms with van der Waals surface area (Å²) in [5.74, 6) is 0. The van der Waals surface area contributed by atoms with Crippen molar-refractivity contribution >= 4 is 0 Å². The first kappa shape index (κ1) is 11.6. The summed E-state index contributed by atoms with van der Waals surface area (Å²) in [4.78, 5) is 4.11. The molecule has 1 N–H and O–H groups in total. The molecule has 1 aliphatic carbocycles. The molecule has 0 unspecified atom stereocenters. The summed E-state index contributed by atoms with van der Waals surface area (Å²) in [5.41, 5.74) is 1.39. The maximum Gasteiger partial charge on any atom is 0.0915 e. The van der Waals surface area contributed by atoms with Gasteiger partial charge in [-0.1, -0.05) is 0 Å². The smallest absolute Gasteiger partial charge is 0.0915 e. The molecule has 0 radical (unpaired) electrons. The van der Waals surface area contributed by atoms with Gasteiger partial charge in [-0.2, -0.15) is 0 Å². The van der Waals surface area contributed by atoms with Gasteiger partial charge in [0.1, 0.15) is 0 Å². The average molecular weight is 221 g/mol. The van der Waals surface area contributed by atoms with E-state index in [1.807, 2.05) is 13.0 Å². The molecule has 0 bridgehead atoms. The van der Waals surface area contributed by atoms with Crippen molar-refractivity contribution in [2.45, 2.75) is 44.3 Å². The van der Waals surface area contributed by atoms with E-state index in [4.69, 9.17) is 4.74 Å². The van der Waals surface area contributed by atoms with Crippen LogP contribution in [0.3, 0.4) is 0 Å². The van der Waals surface area contributed by atoms with Crippen molar-refractivity contribution in [3.63, 3.8) is 0 Å². The van der Waals surface area contributed by atoms with Gasteiger partial charge in [-0.3, -0.25) is 4.98 Å². The highest BCUT2D eigenvalue weighted by Crippen LogP contribution is 2.38. The van der Waals surface area contributed by atoms with Gasteiger partial charge < -0.3 is 9.84 Å². The van der Waals surface area contributed by atoms with Crippen LogP contribution in [0, 0.1) is 6.92 Å². The van der Waals surface area contributed by atoms with Gasteiger partial charge in [0, 0.05) is 25.1 Å². The molecule has 1 aromatic heterocycles. The molecule has 2 rings (SSSR count). The number of aryl methyl sites for hydroxylation is 1. The molecule has 0 aliphatic heterocycles. The van der Waals surface area contributed by atoms with Crippen LogP contribution in [-0.4, -0.2) is 23.3 Å². The van der Waals surface area contributed by atoms with Gasteiger partial charge in [0.2, 0.25) is 0 Å². The van der Waals surface area contributed by atoms with Crippen molar-refractivity contribution in [3.05, 3.63) is 29.6 Å². The summed E-state index contributed by atoms with van der Waals surface area (Å²) in [6.45, 7) is 2.03. The van der Waals surface area contributed by atoms with Crippen molar-refractivity contribution in [3.8, 4) is 0 Å². The molecule has 0 spiro atoms. The van der Waals surface area contributed by atoms with Gasteiger partial charge >= 0.3 is 0 Å². The van der Waals surface area contributed by atoms with Crippen molar-refractivity contribution in [2.24, 2.45) is 0 Å². The molecule has 1 aromatic rings. The molecule has 1 saturated carbocycles. The molecule has 0 atom stereocenters. The fourth-order valence-electron chi connectivity index (χ4n) is 2.53. The second kappa shape index (κ2) is 4.52. The van der Waals surface area contributed by atoms with Crippen molar-refractivity contribution in [1.82, 2.24) is 4.98 Å². The lowest BCUT2D eigenvalue weighted by Gasteiger charge is -2.36. The molecular weight excluding hydrogens is 202 g/mol. The maximum absolute atomic E-state index is 10.6. The van der Waals surface area contributed by atoms with Gasteiger partial charge in [0.25, 0.3) is 0 Å². The number of aromatic nitrogens is 1. The lowest BCUT2D eigenvalue weighted by atomic mass is 9.78. The number of hydrogen-bond donors (Lipinski definition) is 1. The minimum absolute atomic E-state index is 0.303. The minimum atomic E-state index is -0.701. The molecule has 16 heavy (non-hydrogen) atoms. The Hall–Kier alpha value is -0.930. The Kier molecular flexibility index (Phi) is 3.26. The summed E-state index contributed by atoms with van der Waals surface area (Å²) in [7, 11) is 1.74. The van der Waals surface area contributed by atoms with E-state index in [1.165, 1.54) is 0 Å². The van der Waals surface area contributed by atoms with Gasteiger partial charge in [-0.25, -0.2) is 0 Å². The minimum Gasteiger partial charge on any atom is -0.385 e. The van der Waals surface area contributed by atoms with Crippen LogP contribution in [0.25, 0.3) is 0 Å². The summed E-state index contributed by atoms with van der Waals surface area (Å²) in [6.07, 6.45) is 7.22. The molecule has 1 heterocycles. The van der Waals surface area contributed by atoms with Gasteiger partial charge in [0.15, 0.2) is 0 Å². The number of rotatable bonds is 2. The van der Waals surface area contributed by atoms with Crippen molar-refractivity contribution < 1.29 is 9.84 Å². The summed E-state index contributed by atoms with van der Waals surface area (Å²) < 4.78 is 5.32. The quantitative estimate of drug-likeness (QED) is 0.832. The van der Waals surface area contributed by atoms with E-state index in [2.05, 4.69) is 4.98 Å². The summed E-state index contributed by atoms with van der Waals surface area (Å²) in [5, 5.41) is 10.6. The third-order valence-corrected chi connectivity index (χ3v) is 3.63. The third-order valence-electron chi connectivity index (χ3n) is 3.63. The zero-order valence-electron chi connectivity index (χ0n) is 9.94. The molecule has 1 aliphatic rings. The fourth-order valence-corrected chi connectivity index (χ4v) is 2.53. The Morgan fingerprint density at radius 3 is 2.69 bits per heavy atom.